The molecule has 40 heavy (non-hydrogen) atoms. The van der Waals surface area contributed by atoms with Crippen molar-refractivity contribution in [2.24, 2.45) is 0 Å². The second-order valence-electron chi connectivity index (χ2n) is 9.84. The van der Waals surface area contributed by atoms with Gasteiger partial charge in [0.05, 0.1) is 10.6 Å². The second-order valence-corrected chi connectivity index (χ2v) is 11.9. The van der Waals surface area contributed by atoms with Crippen LogP contribution in [0.1, 0.15) is 29.2 Å². The number of carbonyl (C=O) groups is 1. The van der Waals surface area contributed by atoms with Gasteiger partial charge in [-0.05, 0) is 71.6 Å². The van der Waals surface area contributed by atoms with Crippen molar-refractivity contribution in [1.29, 1.82) is 0 Å². The van der Waals surface area contributed by atoms with Gasteiger partial charge in [0.2, 0.25) is 0 Å². The average molecular weight is 563 g/mol. The molecule has 0 bridgehead atoms. The van der Waals surface area contributed by atoms with Gasteiger partial charge in [-0.3, -0.25) is 9.78 Å². The molecule has 0 aliphatic rings. The number of nitrogens with one attached hydrogen (secondary N) is 1. The molecule has 0 amide bonds. The summed E-state index contributed by atoms with van der Waals surface area (Å²) in [4.78, 5) is 21.1. The van der Waals surface area contributed by atoms with Crippen LogP contribution in [0.15, 0.2) is 90.1 Å². The van der Waals surface area contributed by atoms with Crippen molar-refractivity contribution in [3.05, 3.63) is 119 Å². The monoisotopic (exact) mass is 562 g/mol. The molecule has 5 rings (SSSR count). The number of sulfone groups is 1. The molecule has 1 atom stereocenters. The van der Waals surface area contributed by atoms with Crippen molar-refractivity contribution in [2.75, 3.05) is 6.26 Å². The summed E-state index contributed by atoms with van der Waals surface area (Å²) in [7, 11) is -3.48. The summed E-state index contributed by atoms with van der Waals surface area (Å²) in [6.07, 6.45) is 4.46. The zero-order valence-corrected chi connectivity index (χ0v) is 22.3. The normalized spacial score (nSPS) is 12.5. The molecule has 0 unspecified atom stereocenters. The molecule has 2 heterocycles. The molecule has 5 aromatic rings. The smallest absolute Gasteiger partial charge is 0.175 e. The number of H-pyrrole nitrogens is 1. The maximum absolute atomic E-state index is 14.1. The minimum atomic E-state index is -3.48. The first-order valence-corrected chi connectivity index (χ1v) is 14.4. The Morgan fingerprint density at radius 3 is 2.45 bits per heavy atom. The molecular formula is C31H25F3N2O3S. The summed E-state index contributed by atoms with van der Waals surface area (Å²) in [5, 5.41) is 0.605. The van der Waals surface area contributed by atoms with Gasteiger partial charge in [0.25, 0.3) is 0 Å². The lowest BCUT2D eigenvalue weighted by Gasteiger charge is -2.20. The Morgan fingerprint density at radius 1 is 0.925 bits per heavy atom. The Kier molecular flexibility index (Phi) is 7.58. The van der Waals surface area contributed by atoms with Crippen molar-refractivity contribution in [3.8, 4) is 11.1 Å². The number of Topliss-reactive ketones (excluding diaryl/α,β-unsaturated/α-hetero) is 1. The lowest BCUT2D eigenvalue weighted by molar-refractivity contribution is -0.118. The van der Waals surface area contributed by atoms with E-state index in [0.29, 0.717) is 38.9 Å². The van der Waals surface area contributed by atoms with Crippen LogP contribution in [0.3, 0.4) is 0 Å². The number of fused-ring (bicyclic) bond motifs is 1. The summed E-state index contributed by atoms with van der Waals surface area (Å²) < 4.78 is 66.4. The summed E-state index contributed by atoms with van der Waals surface area (Å²) in [5.41, 5.74) is 3.38. The van der Waals surface area contributed by atoms with E-state index < -0.39 is 33.2 Å². The first-order chi connectivity index (χ1) is 19.1. The van der Waals surface area contributed by atoms with Crippen LogP contribution < -0.4 is 0 Å². The maximum atomic E-state index is 14.1. The Bertz CT molecular complexity index is 1810. The van der Waals surface area contributed by atoms with Gasteiger partial charge < -0.3 is 4.98 Å². The lowest BCUT2D eigenvalue weighted by Crippen LogP contribution is -2.14. The molecule has 0 radical (unpaired) electrons. The van der Waals surface area contributed by atoms with E-state index in [1.54, 1.807) is 42.7 Å². The van der Waals surface area contributed by atoms with Crippen LogP contribution in [-0.4, -0.2) is 30.4 Å². The molecule has 0 saturated heterocycles. The van der Waals surface area contributed by atoms with Crippen LogP contribution in [0.25, 0.3) is 22.0 Å². The number of nitrogens with zero attached hydrogens (tertiary/aromatic N) is 1. The largest absolute Gasteiger partial charge is 0.361 e. The lowest BCUT2D eigenvalue weighted by atomic mass is 9.86. The SMILES string of the molecule is CS(=O)(=O)c1cccc(-c2cccnc2[C@@H](CC(=O)Cc2c[nH]c3ccc(F)cc23)Cc2cc(F)cc(F)c2)c1. The molecule has 0 aliphatic carbocycles. The van der Waals surface area contributed by atoms with E-state index in [-0.39, 0.29) is 29.9 Å². The third-order valence-electron chi connectivity index (χ3n) is 6.79. The zero-order valence-electron chi connectivity index (χ0n) is 21.5. The third kappa shape index (κ3) is 6.15. The molecule has 1 N–H and O–H groups in total. The van der Waals surface area contributed by atoms with Gasteiger partial charge in [0, 0.05) is 59.9 Å². The molecule has 3 aromatic carbocycles. The third-order valence-corrected chi connectivity index (χ3v) is 7.90. The quantitative estimate of drug-likeness (QED) is 0.220. The van der Waals surface area contributed by atoms with E-state index in [0.717, 1.165) is 12.3 Å². The highest BCUT2D eigenvalue weighted by molar-refractivity contribution is 7.90. The van der Waals surface area contributed by atoms with Crippen molar-refractivity contribution < 1.29 is 26.4 Å². The van der Waals surface area contributed by atoms with E-state index in [1.165, 1.54) is 36.4 Å². The van der Waals surface area contributed by atoms with E-state index in [1.807, 2.05) is 0 Å². The minimum Gasteiger partial charge on any atom is -0.361 e. The molecule has 2 aromatic heterocycles. The summed E-state index contributed by atoms with van der Waals surface area (Å²) >= 11 is 0. The fourth-order valence-electron chi connectivity index (χ4n) is 5.02. The number of carbonyl (C=O) groups excluding carboxylic acids is 1. The van der Waals surface area contributed by atoms with Gasteiger partial charge in [-0.15, -0.1) is 0 Å². The number of aromatic amines is 1. The van der Waals surface area contributed by atoms with E-state index >= 15 is 0 Å². The molecule has 0 aliphatic heterocycles. The topological polar surface area (TPSA) is 79.9 Å². The number of hydrogen-bond donors (Lipinski definition) is 1. The van der Waals surface area contributed by atoms with Gasteiger partial charge >= 0.3 is 0 Å². The molecule has 5 nitrogen and oxygen atoms in total. The molecule has 0 fully saturated rings. The van der Waals surface area contributed by atoms with Crippen LogP contribution in [0.5, 0.6) is 0 Å². The van der Waals surface area contributed by atoms with Crippen LogP contribution in [0, 0.1) is 17.5 Å². The van der Waals surface area contributed by atoms with Crippen LogP contribution in [0.2, 0.25) is 0 Å². The van der Waals surface area contributed by atoms with Gasteiger partial charge in [-0.1, -0.05) is 18.2 Å². The number of aromatic nitrogens is 2. The van der Waals surface area contributed by atoms with Crippen molar-refractivity contribution in [1.82, 2.24) is 9.97 Å². The number of rotatable bonds is 9. The first-order valence-electron chi connectivity index (χ1n) is 12.5. The van der Waals surface area contributed by atoms with Gasteiger partial charge in [-0.2, -0.15) is 0 Å². The number of benzene rings is 3. The fraction of sp³-hybridized carbons (Fsp3) is 0.161. The van der Waals surface area contributed by atoms with Gasteiger partial charge in [0.1, 0.15) is 23.2 Å². The number of pyridine rings is 1. The highest BCUT2D eigenvalue weighted by atomic mass is 32.2. The second kappa shape index (κ2) is 11.1. The Morgan fingerprint density at radius 2 is 1.70 bits per heavy atom. The predicted octanol–water partition coefficient (Wildman–Crippen LogP) is 6.58. The summed E-state index contributed by atoms with van der Waals surface area (Å²) in [6.45, 7) is 0. The number of hydrogen-bond acceptors (Lipinski definition) is 4. The zero-order chi connectivity index (χ0) is 28.4. The van der Waals surface area contributed by atoms with Crippen molar-refractivity contribution in [2.45, 2.75) is 30.1 Å². The molecule has 9 heteroatoms. The van der Waals surface area contributed by atoms with Crippen molar-refractivity contribution in [3.63, 3.8) is 0 Å². The molecule has 0 saturated carbocycles. The van der Waals surface area contributed by atoms with Crippen molar-refractivity contribution >= 4 is 26.5 Å². The fourth-order valence-corrected chi connectivity index (χ4v) is 5.68. The highest BCUT2D eigenvalue weighted by Crippen LogP contribution is 2.34. The molecular weight excluding hydrogens is 537 g/mol. The summed E-state index contributed by atoms with van der Waals surface area (Å²) in [6, 6.07) is 17.4. The first kappa shape index (κ1) is 27.3. The van der Waals surface area contributed by atoms with Crippen LogP contribution >= 0.6 is 0 Å². The van der Waals surface area contributed by atoms with Crippen LogP contribution in [-0.2, 0) is 27.5 Å². The van der Waals surface area contributed by atoms with Crippen LogP contribution in [0.4, 0.5) is 13.2 Å². The Labute approximate surface area is 229 Å². The maximum Gasteiger partial charge on any atom is 0.175 e. The van der Waals surface area contributed by atoms with Gasteiger partial charge in [0.15, 0.2) is 9.84 Å². The average Bonchev–Trinajstić information content (AvgIpc) is 3.28. The summed E-state index contributed by atoms with van der Waals surface area (Å²) in [5.74, 6) is -2.64. The highest BCUT2D eigenvalue weighted by Gasteiger charge is 2.24. The van der Waals surface area contributed by atoms with E-state index in [4.69, 9.17) is 0 Å². The van der Waals surface area contributed by atoms with E-state index in [9.17, 15) is 26.4 Å². The molecule has 0 spiro atoms. The molecule has 204 valence electrons. The number of ketones is 1. The minimum absolute atomic E-state index is 0.0171. The Hall–Kier alpha value is -4.24. The standard InChI is InChI=1S/C31H25F3N2O3S/c1-40(38,39)27-5-2-4-20(15-27)28-6-3-9-35-31(28)21(10-19-11-24(33)16-25(34)12-19)13-26(37)14-22-18-36-30-8-7-23(32)17-29(22)30/h2-9,11-12,15-18,21,36H,10,13-14H2,1H3/t21-/m1/s1. The predicted molar refractivity (Wildman–Crippen MR) is 147 cm³/mol. The Balaban J connectivity index is 1.53. The number of halogens is 3. The van der Waals surface area contributed by atoms with Gasteiger partial charge in [-0.25, -0.2) is 21.6 Å². The van der Waals surface area contributed by atoms with E-state index in [2.05, 4.69) is 9.97 Å².